The van der Waals surface area contributed by atoms with E-state index in [0.29, 0.717) is 41.0 Å². The molecule has 2 aromatic rings. The molecule has 0 bridgehead atoms. The number of amides is 1. The summed E-state index contributed by atoms with van der Waals surface area (Å²) in [6, 6.07) is 10.2. The van der Waals surface area contributed by atoms with Crippen LogP contribution in [-0.2, 0) is 4.79 Å². The first kappa shape index (κ1) is 17.2. The van der Waals surface area contributed by atoms with E-state index in [1.54, 1.807) is 37.4 Å². The van der Waals surface area contributed by atoms with Crippen molar-refractivity contribution in [3.8, 4) is 11.5 Å². The van der Waals surface area contributed by atoms with Gasteiger partial charge < -0.3 is 25.4 Å². The number of carbonyl (C=O) groups excluding carboxylic acids is 1. The van der Waals surface area contributed by atoms with Crippen LogP contribution in [0.2, 0.25) is 5.02 Å². The molecule has 0 saturated carbocycles. The predicted octanol–water partition coefficient (Wildman–Crippen LogP) is 3.16. The monoisotopic (exact) mass is 361 g/mol. The molecule has 1 heterocycles. The van der Waals surface area contributed by atoms with Gasteiger partial charge in [0.15, 0.2) is 0 Å². The number of nitrogen functional groups attached to an aromatic ring is 1. The van der Waals surface area contributed by atoms with Crippen molar-refractivity contribution in [1.82, 2.24) is 0 Å². The van der Waals surface area contributed by atoms with E-state index in [9.17, 15) is 4.79 Å². The SMILES string of the molecule is COc1ccc(NC(=O)C(C)N2CCOc3cc(N)ccc32)cc1Cl. The first-order valence-electron chi connectivity index (χ1n) is 7.93. The van der Waals surface area contributed by atoms with Crippen LogP contribution < -0.4 is 25.4 Å². The molecule has 0 aromatic heterocycles. The van der Waals surface area contributed by atoms with Crippen molar-refractivity contribution in [2.75, 3.05) is 36.2 Å². The standard InChI is InChI=1S/C18H20ClN3O3/c1-11(18(23)21-13-4-6-16(24-2)14(19)10-13)22-7-8-25-17-9-12(20)3-5-15(17)22/h3-6,9-11H,7-8,20H2,1-2H3,(H,21,23). The quantitative estimate of drug-likeness (QED) is 0.818. The molecule has 7 heteroatoms. The second-order valence-electron chi connectivity index (χ2n) is 5.78. The number of nitrogens with two attached hydrogens (primary N) is 1. The van der Waals surface area contributed by atoms with Gasteiger partial charge in [-0.05, 0) is 37.3 Å². The molecule has 2 aromatic carbocycles. The molecule has 6 nitrogen and oxygen atoms in total. The summed E-state index contributed by atoms with van der Waals surface area (Å²) in [7, 11) is 1.55. The zero-order valence-electron chi connectivity index (χ0n) is 14.1. The maximum atomic E-state index is 12.7. The van der Waals surface area contributed by atoms with E-state index >= 15 is 0 Å². The van der Waals surface area contributed by atoms with Crippen LogP contribution in [0, 0.1) is 0 Å². The summed E-state index contributed by atoms with van der Waals surface area (Å²) in [5, 5.41) is 3.33. The van der Waals surface area contributed by atoms with E-state index in [1.807, 2.05) is 17.9 Å². The van der Waals surface area contributed by atoms with Gasteiger partial charge in [-0.1, -0.05) is 11.6 Å². The summed E-state index contributed by atoms with van der Waals surface area (Å²) in [6.45, 7) is 2.98. The highest BCUT2D eigenvalue weighted by molar-refractivity contribution is 6.32. The minimum atomic E-state index is -0.382. The maximum Gasteiger partial charge on any atom is 0.246 e. The number of carbonyl (C=O) groups is 1. The maximum absolute atomic E-state index is 12.7. The Morgan fingerprint density at radius 1 is 1.36 bits per heavy atom. The number of fused-ring (bicyclic) bond motifs is 1. The minimum absolute atomic E-state index is 0.133. The molecule has 1 amide bonds. The lowest BCUT2D eigenvalue weighted by Gasteiger charge is -2.35. The third-order valence-corrected chi connectivity index (χ3v) is 4.44. The number of nitrogens with zero attached hydrogens (tertiary/aromatic N) is 1. The van der Waals surface area contributed by atoms with Crippen molar-refractivity contribution < 1.29 is 14.3 Å². The fourth-order valence-corrected chi connectivity index (χ4v) is 3.05. The number of anilines is 3. The van der Waals surface area contributed by atoms with Crippen molar-refractivity contribution in [2.45, 2.75) is 13.0 Å². The molecule has 0 saturated heterocycles. The van der Waals surface area contributed by atoms with E-state index in [-0.39, 0.29) is 11.9 Å². The first-order chi connectivity index (χ1) is 12.0. The van der Waals surface area contributed by atoms with Crippen LogP contribution in [-0.4, -0.2) is 32.2 Å². The van der Waals surface area contributed by atoms with Crippen molar-refractivity contribution in [1.29, 1.82) is 0 Å². The van der Waals surface area contributed by atoms with E-state index in [4.69, 9.17) is 26.8 Å². The average Bonchev–Trinajstić information content (AvgIpc) is 2.60. The molecule has 0 spiro atoms. The van der Waals surface area contributed by atoms with E-state index in [1.165, 1.54) is 0 Å². The van der Waals surface area contributed by atoms with Gasteiger partial charge in [0.25, 0.3) is 0 Å². The highest BCUT2D eigenvalue weighted by Crippen LogP contribution is 2.34. The topological polar surface area (TPSA) is 76.8 Å². The van der Waals surface area contributed by atoms with Crippen LogP contribution in [0.4, 0.5) is 17.1 Å². The molecule has 1 aliphatic heterocycles. The Kier molecular flexibility index (Phi) is 4.90. The molecule has 0 aliphatic carbocycles. The summed E-state index contributed by atoms with van der Waals surface area (Å²) < 4.78 is 10.8. The van der Waals surface area contributed by atoms with Crippen LogP contribution in [0.25, 0.3) is 0 Å². The van der Waals surface area contributed by atoms with Gasteiger partial charge in [-0.3, -0.25) is 4.79 Å². The van der Waals surface area contributed by atoms with Crippen LogP contribution in [0.5, 0.6) is 11.5 Å². The first-order valence-corrected chi connectivity index (χ1v) is 8.31. The number of ether oxygens (including phenoxy) is 2. The summed E-state index contributed by atoms with van der Waals surface area (Å²) in [5.74, 6) is 1.12. The number of rotatable bonds is 4. The largest absolute Gasteiger partial charge is 0.495 e. The zero-order valence-corrected chi connectivity index (χ0v) is 14.8. The van der Waals surface area contributed by atoms with Gasteiger partial charge in [0.2, 0.25) is 5.91 Å². The molecule has 3 N–H and O–H groups in total. The second kappa shape index (κ2) is 7.11. The molecule has 1 atom stereocenters. The lowest BCUT2D eigenvalue weighted by atomic mass is 10.1. The molecule has 0 fully saturated rings. The molecule has 132 valence electrons. The van der Waals surface area contributed by atoms with Gasteiger partial charge in [-0.25, -0.2) is 0 Å². The number of nitrogens with one attached hydrogen (secondary N) is 1. The smallest absolute Gasteiger partial charge is 0.246 e. The van der Waals surface area contributed by atoms with E-state index in [2.05, 4.69) is 5.32 Å². The Balaban J connectivity index is 1.76. The fraction of sp³-hybridized carbons (Fsp3) is 0.278. The van der Waals surface area contributed by atoms with Crippen molar-refractivity contribution in [3.05, 3.63) is 41.4 Å². The van der Waals surface area contributed by atoms with Gasteiger partial charge in [-0.15, -0.1) is 0 Å². The van der Waals surface area contributed by atoms with Gasteiger partial charge in [0.1, 0.15) is 24.1 Å². The van der Waals surface area contributed by atoms with Gasteiger partial charge in [0.05, 0.1) is 24.4 Å². The predicted molar refractivity (Wildman–Crippen MR) is 99.8 cm³/mol. The Bertz CT molecular complexity index is 797. The molecular weight excluding hydrogens is 342 g/mol. The third-order valence-electron chi connectivity index (χ3n) is 4.15. The second-order valence-corrected chi connectivity index (χ2v) is 6.19. The lowest BCUT2D eigenvalue weighted by molar-refractivity contribution is -0.117. The van der Waals surface area contributed by atoms with Crippen molar-refractivity contribution in [2.24, 2.45) is 0 Å². The van der Waals surface area contributed by atoms with Gasteiger partial charge >= 0.3 is 0 Å². The minimum Gasteiger partial charge on any atom is -0.495 e. The van der Waals surface area contributed by atoms with Crippen molar-refractivity contribution in [3.63, 3.8) is 0 Å². The Morgan fingerprint density at radius 3 is 2.88 bits per heavy atom. The molecule has 25 heavy (non-hydrogen) atoms. The summed E-state index contributed by atoms with van der Waals surface area (Å²) >= 11 is 6.11. The number of hydrogen-bond acceptors (Lipinski definition) is 5. The molecular formula is C18H20ClN3O3. The van der Waals surface area contributed by atoms with Crippen LogP contribution in [0.1, 0.15) is 6.92 Å². The summed E-state index contributed by atoms with van der Waals surface area (Å²) in [4.78, 5) is 14.7. The van der Waals surface area contributed by atoms with Crippen LogP contribution in [0.15, 0.2) is 36.4 Å². The number of halogens is 1. The van der Waals surface area contributed by atoms with E-state index < -0.39 is 0 Å². The highest BCUT2D eigenvalue weighted by atomic mass is 35.5. The van der Waals surface area contributed by atoms with E-state index in [0.717, 1.165) is 5.69 Å². The Hall–Kier alpha value is -2.60. The fourth-order valence-electron chi connectivity index (χ4n) is 2.79. The molecule has 3 rings (SSSR count). The van der Waals surface area contributed by atoms with Crippen LogP contribution >= 0.6 is 11.6 Å². The van der Waals surface area contributed by atoms with Gasteiger partial charge in [0, 0.05) is 17.4 Å². The third kappa shape index (κ3) is 3.58. The molecule has 0 radical (unpaired) electrons. The Labute approximate surface area is 151 Å². The Morgan fingerprint density at radius 2 is 2.16 bits per heavy atom. The normalized spacial score (nSPS) is 14.3. The zero-order chi connectivity index (χ0) is 18.0. The summed E-state index contributed by atoms with van der Waals surface area (Å²) in [5.41, 5.74) is 7.91. The van der Waals surface area contributed by atoms with Crippen LogP contribution in [0.3, 0.4) is 0 Å². The highest BCUT2D eigenvalue weighted by Gasteiger charge is 2.27. The lowest BCUT2D eigenvalue weighted by Crippen LogP contribution is -2.46. The number of methoxy groups -OCH3 is 1. The summed E-state index contributed by atoms with van der Waals surface area (Å²) in [6.07, 6.45) is 0. The van der Waals surface area contributed by atoms with Crippen molar-refractivity contribution >= 4 is 34.6 Å². The van der Waals surface area contributed by atoms with Gasteiger partial charge in [-0.2, -0.15) is 0 Å². The average molecular weight is 362 g/mol. The number of benzene rings is 2. The molecule has 1 unspecified atom stereocenters. The number of hydrogen-bond donors (Lipinski definition) is 2. The molecule has 1 aliphatic rings.